The number of ether oxygens (including phenoxy) is 1. The monoisotopic (exact) mass is 294 g/mol. The molecule has 20 heavy (non-hydrogen) atoms. The summed E-state index contributed by atoms with van der Waals surface area (Å²) < 4.78 is 19.0. The molecule has 0 saturated carbocycles. The zero-order chi connectivity index (χ0) is 14.7. The molecule has 0 atom stereocenters. The summed E-state index contributed by atoms with van der Waals surface area (Å²) in [5, 5.41) is 19.0. The van der Waals surface area contributed by atoms with Crippen LogP contribution in [0.25, 0.3) is 0 Å². The van der Waals surface area contributed by atoms with E-state index in [0.717, 1.165) is 5.56 Å². The van der Waals surface area contributed by atoms with E-state index in [1.807, 2.05) is 6.92 Å². The Hall–Kier alpha value is -1.56. The van der Waals surface area contributed by atoms with Crippen LogP contribution >= 0.6 is 11.6 Å². The summed E-state index contributed by atoms with van der Waals surface area (Å²) in [4.78, 5) is 0. The van der Waals surface area contributed by atoms with Crippen LogP contribution in [-0.2, 0) is 6.61 Å². The van der Waals surface area contributed by atoms with E-state index >= 15 is 0 Å². The van der Waals surface area contributed by atoms with E-state index in [1.165, 1.54) is 18.2 Å². The van der Waals surface area contributed by atoms with Crippen molar-refractivity contribution < 1.29 is 19.2 Å². The van der Waals surface area contributed by atoms with Gasteiger partial charge in [-0.2, -0.15) is 0 Å². The fourth-order valence-electron chi connectivity index (χ4n) is 1.81. The molecule has 6 heteroatoms. The summed E-state index contributed by atoms with van der Waals surface area (Å²) in [6, 6.07) is 9.18. The summed E-state index contributed by atoms with van der Waals surface area (Å²) in [6.07, 6.45) is 0. The van der Waals surface area contributed by atoms with Crippen molar-refractivity contribution in [3.63, 3.8) is 0 Å². The number of benzene rings is 2. The molecule has 3 nitrogen and oxygen atoms in total. The number of aryl methyl sites for hydroxylation is 1. The number of rotatable bonds is 4. The highest BCUT2D eigenvalue weighted by Crippen LogP contribution is 2.18. The lowest BCUT2D eigenvalue weighted by Gasteiger charge is -2.12. The summed E-state index contributed by atoms with van der Waals surface area (Å²) in [5.41, 5.74) is 1.42. The van der Waals surface area contributed by atoms with Gasteiger partial charge < -0.3 is 14.8 Å². The second kappa shape index (κ2) is 6.26. The van der Waals surface area contributed by atoms with Gasteiger partial charge in [-0.05, 0) is 31.2 Å². The van der Waals surface area contributed by atoms with Crippen molar-refractivity contribution in [1.82, 2.24) is 0 Å². The average molecular weight is 295 g/mol. The second-order valence-corrected chi connectivity index (χ2v) is 4.88. The van der Waals surface area contributed by atoms with Crippen LogP contribution < -0.4 is 10.2 Å². The maximum Gasteiger partial charge on any atom is 0.492 e. The third-order valence-electron chi connectivity index (χ3n) is 2.83. The first-order valence-corrected chi connectivity index (χ1v) is 6.38. The van der Waals surface area contributed by atoms with Gasteiger partial charge in [0.15, 0.2) is 0 Å². The lowest BCUT2D eigenvalue weighted by atomic mass is 9.79. The second-order valence-electron chi connectivity index (χ2n) is 4.44. The Balaban J connectivity index is 2.20. The average Bonchev–Trinajstić information content (AvgIpc) is 2.40. The van der Waals surface area contributed by atoms with E-state index in [9.17, 15) is 14.4 Å². The SMILES string of the molecule is Cc1ccc(OCc2cc(Cl)ccc2F)c(B(O)O)c1. The number of halogens is 2. The summed E-state index contributed by atoms with van der Waals surface area (Å²) in [5.74, 6) is -0.127. The Kier molecular flexibility index (Phi) is 4.65. The molecule has 0 amide bonds. The molecule has 0 aliphatic carbocycles. The standard InChI is InChI=1S/C14H13BClFO3/c1-9-2-5-14(12(6-9)15(18)19)20-8-10-7-11(16)3-4-13(10)17/h2-7,18-19H,8H2,1H3. The minimum atomic E-state index is -1.64. The van der Waals surface area contributed by atoms with Crippen LogP contribution in [0.5, 0.6) is 5.75 Å². The fraction of sp³-hybridized carbons (Fsp3) is 0.143. The molecule has 2 rings (SSSR count). The van der Waals surface area contributed by atoms with E-state index in [0.29, 0.717) is 16.3 Å². The van der Waals surface area contributed by atoms with E-state index in [-0.39, 0.29) is 12.1 Å². The first-order valence-electron chi connectivity index (χ1n) is 6.01. The van der Waals surface area contributed by atoms with Crippen molar-refractivity contribution in [3.05, 3.63) is 58.4 Å². The molecule has 0 fully saturated rings. The van der Waals surface area contributed by atoms with Crippen molar-refractivity contribution in [2.45, 2.75) is 13.5 Å². The predicted molar refractivity (Wildman–Crippen MR) is 76.7 cm³/mol. The Morgan fingerprint density at radius 3 is 2.65 bits per heavy atom. The van der Waals surface area contributed by atoms with Gasteiger partial charge in [0.1, 0.15) is 18.2 Å². The fourth-order valence-corrected chi connectivity index (χ4v) is 2.01. The topological polar surface area (TPSA) is 49.7 Å². The smallest absolute Gasteiger partial charge is 0.489 e. The number of hydrogen-bond donors (Lipinski definition) is 2. The molecule has 2 N–H and O–H groups in total. The molecule has 0 saturated heterocycles. The quantitative estimate of drug-likeness (QED) is 0.849. The summed E-state index contributed by atoms with van der Waals surface area (Å²) in [7, 11) is -1.64. The van der Waals surface area contributed by atoms with Gasteiger partial charge in [-0.1, -0.05) is 29.3 Å². The first-order chi connectivity index (χ1) is 9.47. The Morgan fingerprint density at radius 1 is 1.20 bits per heavy atom. The Labute approximate surface area is 121 Å². The van der Waals surface area contributed by atoms with Crippen LogP contribution in [0.15, 0.2) is 36.4 Å². The Bertz CT molecular complexity index is 619. The van der Waals surface area contributed by atoms with Gasteiger partial charge in [0.25, 0.3) is 0 Å². The molecule has 2 aromatic carbocycles. The van der Waals surface area contributed by atoms with Crippen molar-refractivity contribution in [1.29, 1.82) is 0 Å². The molecule has 104 valence electrons. The zero-order valence-electron chi connectivity index (χ0n) is 10.8. The van der Waals surface area contributed by atoms with Crippen LogP contribution in [-0.4, -0.2) is 17.2 Å². The van der Waals surface area contributed by atoms with Gasteiger partial charge in [-0.15, -0.1) is 0 Å². The van der Waals surface area contributed by atoms with Crippen LogP contribution in [0.1, 0.15) is 11.1 Å². The highest BCUT2D eigenvalue weighted by molar-refractivity contribution is 6.59. The van der Waals surface area contributed by atoms with Crippen molar-refractivity contribution >= 4 is 24.2 Å². The molecule has 0 aliphatic heterocycles. The van der Waals surface area contributed by atoms with Crippen LogP contribution in [0.2, 0.25) is 5.02 Å². The molecule has 0 heterocycles. The van der Waals surface area contributed by atoms with Crippen molar-refractivity contribution in [3.8, 4) is 5.75 Å². The van der Waals surface area contributed by atoms with Crippen LogP contribution in [0.4, 0.5) is 4.39 Å². The van der Waals surface area contributed by atoms with Gasteiger partial charge in [-0.3, -0.25) is 0 Å². The molecule has 0 spiro atoms. The lowest BCUT2D eigenvalue weighted by molar-refractivity contribution is 0.300. The molecule has 0 bridgehead atoms. The maximum atomic E-state index is 13.6. The molecule has 0 unspecified atom stereocenters. The molecule has 0 aliphatic rings. The van der Waals surface area contributed by atoms with Gasteiger partial charge >= 0.3 is 7.12 Å². The minimum Gasteiger partial charge on any atom is -0.489 e. The Morgan fingerprint density at radius 2 is 1.95 bits per heavy atom. The van der Waals surface area contributed by atoms with E-state index in [4.69, 9.17) is 16.3 Å². The normalized spacial score (nSPS) is 10.4. The highest BCUT2D eigenvalue weighted by Gasteiger charge is 2.17. The molecule has 0 radical (unpaired) electrons. The summed E-state index contributed by atoms with van der Waals surface area (Å²) in [6.45, 7) is 1.78. The van der Waals surface area contributed by atoms with E-state index in [1.54, 1.807) is 18.2 Å². The third-order valence-corrected chi connectivity index (χ3v) is 3.07. The third kappa shape index (κ3) is 3.51. The predicted octanol–water partition coefficient (Wildman–Crippen LogP) is 2.05. The van der Waals surface area contributed by atoms with Gasteiger partial charge in [0.05, 0.1) is 0 Å². The lowest BCUT2D eigenvalue weighted by Crippen LogP contribution is -2.31. The van der Waals surface area contributed by atoms with Gasteiger partial charge in [0, 0.05) is 16.0 Å². The first kappa shape index (κ1) is 14.8. The molecule has 0 aromatic heterocycles. The maximum absolute atomic E-state index is 13.6. The summed E-state index contributed by atoms with van der Waals surface area (Å²) >= 11 is 5.80. The van der Waals surface area contributed by atoms with Crippen LogP contribution in [0, 0.1) is 12.7 Å². The van der Waals surface area contributed by atoms with Gasteiger partial charge in [-0.25, -0.2) is 4.39 Å². The van der Waals surface area contributed by atoms with Crippen LogP contribution in [0.3, 0.4) is 0 Å². The van der Waals surface area contributed by atoms with E-state index in [2.05, 4.69) is 0 Å². The number of hydrogen-bond acceptors (Lipinski definition) is 3. The molecular formula is C14H13BClFO3. The molecule has 2 aromatic rings. The largest absolute Gasteiger partial charge is 0.492 e. The van der Waals surface area contributed by atoms with Crippen molar-refractivity contribution in [2.24, 2.45) is 0 Å². The molecular weight excluding hydrogens is 281 g/mol. The van der Waals surface area contributed by atoms with E-state index < -0.39 is 12.9 Å². The minimum absolute atomic E-state index is 0.0465. The zero-order valence-corrected chi connectivity index (χ0v) is 11.6. The van der Waals surface area contributed by atoms with Crippen molar-refractivity contribution in [2.75, 3.05) is 0 Å². The highest BCUT2D eigenvalue weighted by atomic mass is 35.5. The van der Waals surface area contributed by atoms with Gasteiger partial charge in [0.2, 0.25) is 0 Å².